The van der Waals surface area contributed by atoms with E-state index in [0.717, 1.165) is 61.0 Å². The number of likely N-dealkylation sites (tertiary alicyclic amines) is 2. The summed E-state index contributed by atoms with van der Waals surface area (Å²) in [5, 5.41) is 3.52. The van der Waals surface area contributed by atoms with Gasteiger partial charge in [0.15, 0.2) is 9.84 Å². The van der Waals surface area contributed by atoms with Gasteiger partial charge in [0, 0.05) is 51.2 Å². The Morgan fingerprint density at radius 2 is 1.92 bits per heavy atom. The van der Waals surface area contributed by atoms with Crippen LogP contribution in [0.1, 0.15) is 42.1 Å². The highest BCUT2D eigenvalue weighted by atomic mass is 32.2. The Bertz CT molecular complexity index is 1380. The van der Waals surface area contributed by atoms with Gasteiger partial charge in [-0.2, -0.15) is 0 Å². The first-order chi connectivity index (χ1) is 18.2. The molecule has 1 aromatic heterocycles. The highest BCUT2D eigenvalue weighted by molar-refractivity contribution is 7.91. The molecular weight excluding hydrogens is 504 g/mol. The van der Waals surface area contributed by atoms with Gasteiger partial charge >= 0.3 is 0 Å². The molecule has 1 amide bonds. The maximum Gasteiger partial charge on any atom is 0.246 e. The highest BCUT2D eigenvalue weighted by Crippen LogP contribution is 2.45. The lowest BCUT2D eigenvalue weighted by atomic mass is 9.88. The molecule has 0 saturated carbocycles. The predicted molar refractivity (Wildman–Crippen MR) is 146 cm³/mol. The third kappa shape index (κ3) is 4.51. The first-order valence-corrected chi connectivity index (χ1v) is 15.1. The number of hydrogen-bond acceptors (Lipinski definition) is 9. The molecule has 4 aliphatic rings. The topological polar surface area (TPSA) is 108 Å². The fourth-order valence-corrected chi connectivity index (χ4v) is 7.28. The first kappa shape index (κ1) is 25.1. The molecule has 1 N–H and O–H groups in total. The van der Waals surface area contributed by atoms with Crippen LogP contribution in [0.3, 0.4) is 0 Å². The van der Waals surface area contributed by atoms with E-state index in [9.17, 15) is 13.2 Å². The number of carbonyl (C=O) groups is 1. The van der Waals surface area contributed by atoms with Gasteiger partial charge < -0.3 is 19.9 Å². The minimum atomic E-state index is -3.00. The van der Waals surface area contributed by atoms with E-state index in [4.69, 9.17) is 4.74 Å². The van der Waals surface area contributed by atoms with E-state index < -0.39 is 9.84 Å². The molecule has 0 spiro atoms. The van der Waals surface area contributed by atoms with Crippen molar-refractivity contribution >= 4 is 33.1 Å². The average Bonchev–Trinajstić information content (AvgIpc) is 3.28. The van der Waals surface area contributed by atoms with Crippen LogP contribution in [-0.2, 0) is 14.6 Å². The van der Waals surface area contributed by atoms with Crippen LogP contribution in [0.15, 0.2) is 31.1 Å². The molecule has 38 heavy (non-hydrogen) atoms. The van der Waals surface area contributed by atoms with Gasteiger partial charge in [0.25, 0.3) is 0 Å². The van der Waals surface area contributed by atoms with Crippen LogP contribution in [0.4, 0.5) is 17.3 Å². The molecule has 0 aliphatic carbocycles. The molecular formula is C27H34N6O4S. The molecule has 3 saturated heterocycles. The highest BCUT2D eigenvalue weighted by Gasteiger charge is 2.38. The number of sulfone groups is 1. The zero-order valence-electron chi connectivity index (χ0n) is 21.9. The number of hydrogen-bond donors (Lipinski definition) is 1. The summed E-state index contributed by atoms with van der Waals surface area (Å²) in [6, 6.07) is 4.80. The Hall–Kier alpha value is -3.18. The van der Waals surface area contributed by atoms with E-state index in [0.29, 0.717) is 30.9 Å². The number of ether oxygens (including phenoxy) is 1. The third-order valence-electron chi connectivity index (χ3n) is 8.31. The lowest BCUT2D eigenvalue weighted by molar-refractivity contribution is -0.125. The van der Waals surface area contributed by atoms with E-state index in [-0.39, 0.29) is 23.5 Å². The summed E-state index contributed by atoms with van der Waals surface area (Å²) in [7, 11) is -3.00. The van der Waals surface area contributed by atoms with Crippen LogP contribution in [0.25, 0.3) is 0 Å². The predicted octanol–water partition coefficient (Wildman–Crippen LogP) is 2.40. The molecule has 202 valence electrons. The molecule has 2 aromatic rings. The maximum absolute atomic E-state index is 12.0. The molecule has 3 fully saturated rings. The maximum atomic E-state index is 12.0. The van der Waals surface area contributed by atoms with Gasteiger partial charge in [-0.25, -0.2) is 18.4 Å². The van der Waals surface area contributed by atoms with E-state index in [1.807, 2.05) is 16.7 Å². The van der Waals surface area contributed by atoms with Crippen LogP contribution < -0.4 is 15.0 Å². The average molecular weight is 539 g/mol. The van der Waals surface area contributed by atoms with Crippen LogP contribution >= 0.6 is 0 Å². The minimum Gasteiger partial charge on any atom is -0.483 e. The Kier molecular flexibility index (Phi) is 6.30. The van der Waals surface area contributed by atoms with Crippen molar-refractivity contribution in [3.8, 4) is 5.75 Å². The molecule has 6 rings (SSSR count). The Morgan fingerprint density at radius 3 is 2.66 bits per heavy atom. The van der Waals surface area contributed by atoms with Gasteiger partial charge in [-0.15, -0.1) is 0 Å². The van der Waals surface area contributed by atoms with Crippen molar-refractivity contribution in [2.45, 2.75) is 38.3 Å². The first-order valence-electron chi connectivity index (χ1n) is 13.3. The summed E-state index contributed by atoms with van der Waals surface area (Å²) in [6.45, 7) is 12.0. The summed E-state index contributed by atoms with van der Waals surface area (Å²) in [5.74, 6) is 2.91. The second-order valence-corrected chi connectivity index (χ2v) is 13.1. The molecule has 5 heterocycles. The number of anilines is 3. The number of aromatic nitrogens is 2. The molecule has 1 aromatic carbocycles. The van der Waals surface area contributed by atoms with Crippen LogP contribution in [0, 0.1) is 6.92 Å². The molecule has 0 bridgehead atoms. The fraction of sp³-hybridized carbons (Fsp3) is 0.519. The Labute approximate surface area is 223 Å². The normalized spacial score (nSPS) is 24.9. The van der Waals surface area contributed by atoms with Gasteiger partial charge in [-0.05, 0) is 43.5 Å². The zero-order chi connectivity index (χ0) is 26.6. The third-order valence-corrected chi connectivity index (χ3v) is 9.91. The monoisotopic (exact) mass is 538 g/mol. The van der Waals surface area contributed by atoms with Gasteiger partial charge in [-0.1, -0.05) is 12.6 Å². The summed E-state index contributed by atoms with van der Waals surface area (Å²) >= 11 is 0. The Balaban J connectivity index is 1.21. The van der Waals surface area contributed by atoms with Gasteiger partial charge in [0.1, 0.15) is 29.8 Å². The molecule has 11 heteroatoms. The van der Waals surface area contributed by atoms with E-state index >= 15 is 0 Å². The van der Waals surface area contributed by atoms with Crippen molar-refractivity contribution in [1.29, 1.82) is 0 Å². The summed E-state index contributed by atoms with van der Waals surface area (Å²) in [6.07, 6.45) is 3.63. The molecule has 0 unspecified atom stereocenters. The van der Waals surface area contributed by atoms with Crippen molar-refractivity contribution in [3.63, 3.8) is 0 Å². The minimum absolute atomic E-state index is 0.0174. The molecule has 10 nitrogen and oxygen atoms in total. The molecule has 0 radical (unpaired) electrons. The molecule has 4 aliphatic heterocycles. The van der Waals surface area contributed by atoms with Crippen molar-refractivity contribution < 1.29 is 17.9 Å². The number of amides is 1. The number of carbonyl (C=O) groups excluding carboxylic acids is 1. The summed E-state index contributed by atoms with van der Waals surface area (Å²) in [5.41, 5.74) is 4.06. The number of nitrogens with zero attached hydrogens (tertiary/aromatic N) is 5. The van der Waals surface area contributed by atoms with Crippen LogP contribution in [-0.4, -0.2) is 90.9 Å². The molecule has 2 atom stereocenters. The van der Waals surface area contributed by atoms with Crippen molar-refractivity contribution in [2.24, 2.45) is 0 Å². The number of rotatable bonds is 4. The van der Waals surface area contributed by atoms with Gasteiger partial charge in [-0.3, -0.25) is 9.69 Å². The lowest BCUT2D eigenvalue weighted by Crippen LogP contribution is -2.51. The lowest BCUT2D eigenvalue weighted by Gasteiger charge is -2.43. The quantitative estimate of drug-likeness (QED) is 0.587. The number of aryl methyl sites for hydroxylation is 1. The van der Waals surface area contributed by atoms with E-state index in [1.165, 1.54) is 18.0 Å². The number of fused-ring (bicyclic) bond motifs is 2. The second kappa shape index (κ2) is 9.53. The largest absolute Gasteiger partial charge is 0.483 e. The van der Waals surface area contributed by atoms with Crippen LogP contribution in [0.2, 0.25) is 0 Å². The summed E-state index contributed by atoms with van der Waals surface area (Å²) in [4.78, 5) is 27.4. The van der Waals surface area contributed by atoms with Crippen molar-refractivity contribution in [3.05, 3.63) is 47.8 Å². The second-order valence-electron chi connectivity index (χ2n) is 10.8. The van der Waals surface area contributed by atoms with Crippen molar-refractivity contribution in [1.82, 2.24) is 19.8 Å². The van der Waals surface area contributed by atoms with Gasteiger partial charge in [0.2, 0.25) is 5.91 Å². The fourth-order valence-electron chi connectivity index (χ4n) is 6.08. The standard InChI is InChI=1S/C27H34N6O4S/c1-4-23(34)32-6-5-21(15-32)33-13-20(14-33)19-11-17(2)25-22(12-19)30-26-24(18(3)37-25)27(29-16-28-26)31-7-9-38(35,36)10-8-31/h4,11-12,16,18,20-21H,1,5-10,13-15H2,2-3H3,(H,28,29,30)/t18-,21-/m1/s1. The number of benzene rings is 1. The van der Waals surface area contributed by atoms with Crippen molar-refractivity contribution in [2.75, 3.05) is 61.0 Å². The van der Waals surface area contributed by atoms with Gasteiger partial charge in [0.05, 0.1) is 22.8 Å². The Morgan fingerprint density at radius 1 is 1.16 bits per heavy atom. The smallest absolute Gasteiger partial charge is 0.246 e. The summed E-state index contributed by atoms with van der Waals surface area (Å²) < 4.78 is 30.4. The van der Waals surface area contributed by atoms with Crippen LogP contribution in [0.5, 0.6) is 5.75 Å². The van der Waals surface area contributed by atoms with E-state index in [2.05, 4.69) is 45.8 Å². The zero-order valence-corrected chi connectivity index (χ0v) is 22.7. The SMILES string of the molecule is C=CC(=O)N1CC[C@@H](N2CC(c3cc(C)c4c(c3)Nc3ncnc(N5CCS(=O)(=O)CC5)c3[C@@H](C)O4)C2)C1. The van der Waals surface area contributed by atoms with E-state index in [1.54, 1.807) is 0 Å². The number of nitrogens with one attached hydrogen (secondary N) is 1.